The zero-order chi connectivity index (χ0) is 30.9. The third-order valence-electron chi connectivity index (χ3n) is 10.3. The monoisotopic (exact) mass is 619 g/mol. The number of phenols is 1. The van der Waals surface area contributed by atoms with Gasteiger partial charge >= 0.3 is 6.01 Å². The molecule has 0 unspecified atom stereocenters. The van der Waals surface area contributed by atoms with Crippen molar-refractivity contribution in [2.24, 2.45) is 5.41 Å². The number of fused-ring (bicyclic) bond motifs is 3. The van der Waals surface area contributed by atoms with Gasteiger partial charge in [0.15, 0.2) is 5.82 Å². The first kappa shape index (κ1) is 28.8. The molecule has 11 heteroatoms. The normalized spacial score (nSPS) is 24.4. The number of aromatic hydroxyl groups is 1. The van der Waals surface area contributed by atoms with E-state index in [1.165, 1.54) is 24.4 Å². The second kappa shape index (κ2) is 10.7. The number of anilines is 1. The number of rotatable bonds is 6. The van der Waals surface area contributed by atoms with Crippen LogP contribution in [0.25, 0.3) is 32.9 Å². The summed E-state index contributed by atoms with van der Waals surface area (Å²) >= 11 is 0. The summed E-state index contributed by atoms with van der Waals surface area (Å²) in [6, 6.07) is 5.90. The first-order valence-electron chi connectivity index (χ1n) is 15.9. The van der Waals surface area contributed by atoms with Crippen molar-refractivity contribution < 1.29 is 27.8 Å². The Morgan fingerprint density at radius 3 is 2.82 bits per heavy atom. The van der Waals surface area contributed by atoms with Crippen molar-refractivity contribution in [3.05, 3.63) is 47.7 Å². The number of halogens is 3. The van der Waals surface area contributed by atoms with E-state index in [4.69, 9.17) is 14.5 Å². The third kappa shape index (κ3) is 4.86. The average molecular weight is 620 g/mol. The third-order valence-corrected chi connectivity index (χ3v) is 10.3. The van der Waals surface area contributed by atoms with E-state index in [-0.39, 0.29) is 40.6 Å². The number of aromatic nitrogens is 3. The maximum Gasteiger partial charge on any atom is 0.319 e. The van der Waals surface area contributed by atoms with Gasteiger partial charge in [-0.3, -0.25) is 9.88 Å². The van der Waals surface area contributed by atoms with Gasteiger partial charge < -0.3 is 19.5 Å². The van der Waals surface area contributed by atoms with Crippen molar-refractivity contribution in [2.75, 3.05) is 50.9 Å². The first-order valence-corrected chi connectivity index (χ1v) is 15.9. The molecule has 1 aliphatic carbocycles. The molecule has 8 rings (SSSR count). The van der Waals surface area contributed by atoms with Crippen molar-refractivity contribution in [2.45, 2.75) is 57.2 Å². The fourth-order valence-electron chi connectivity index (χ4n) is 8.03. The molecule has 4 aromatic rings. The van der Waals surface area contributed by atoms with Gasteiger partial charge in [0.2, 0.25) is 0 Å². The summed E-state index contributed by atoms with van der Waals surface area (Å²) in [5, 5.41) is 12.1. The molecule has 236 valence electrons. The van der Waals surface area contributed by atoms with Gasteiger partial charge in [0.1, 0.15) is 41.4 Å². The van der Waals surface area contributed by atoms with E-state index < -0.39 is 23.3 Å². The second-order valence-electron chi connectivity index (χ2n) is 13.3. The van der Waals surface area contributed by atoms with Crippen molar-refractivity contribution in [3.63, 3.8) is 0 Å². The molecule has 4 aliphatic rings. The lowest BCUT2D eigenvalue weighted by atomic mass is 9.89. The van der Waals surface area contributed by atoms with E-state index in [1.807, 2.05) is 11.8 Å². The Balaban J connectivity index is 1.25. The molecular weight excluding hydrogens is 583 g/mol. The predicted octanol–water partition coefficient (Wildman–Crippen LogP) is 5.96. The van der Waals surface area contributed by atoms with Gasteiger partial charge in [-0.15, -0.1) is 0 Å². The topological polar surface area (TPSA) is 83.8 Å². The Morgan fingerprint density at radius 2 is 2.00 bits per heavy atom. The second-order valence-corrected chi connectivity index (χ2v) is 13.3. The maximum absolute atomic E-state index is 16.8. The Hall–Kier alpha value is -3.70. The van der Waals surface area contributed by atoms with Crippen molar-refractivity contribution >= 4 is 27.5 Å². The summed E-state index contributed by atoms with van der Waals surface area (Å²) in [7, 11) is 0. The lowest BCUT2D eigenvalue weighted by Gasteiger charge is -2.31. The number of hydrogen-bond donors (Lipinski definition) is 1. The molecule has 0 bridgehead atoms. The van der Waals surface area contributed by atoms with Gasteiger partial charge in [0.05, 0.1) is 17.5 Å². The molecule has 1 saturated carbocycles. The zero-order valence-electron chi connectivity index (χ0n) is 25.3. The molecule has 1 N–H and O–H groups in total. The summed E-state index contributed by atoms with van der Waals surface area (Å²) < 4.78 is 58.4. The summed E-state index contributed by atoms with van der Waals surface area (Å²) in [6.07, 6.45) is 5.38. The van der Waals surface area contributed by atoms with Crippen LogP contribution in [-0.4, -0.2) is 82.7 Å². The van der Waals surface area contributed by atoms with E-state index in [0.717, 1.165) is 32.2 Å². The molecule has 8 nitrogen and oxygen atoms in total. The minimum absolute atomic E-state index is 0.0188. The standard InChI is InChI=1S/C34H36F3N5O3/c1-2-23-26(36)5-4-20-12-22(43)13-24(27(20)23)29-28(37)30-25(15-38-29)31(41-8-3-10-44-11-9-41)40-32(39-30)45-19-34-14-21(35)16-42(34)18-33(17-34)6-7-33/h4-5,12-13,15,21,43H,2-3,6-11,14,16-19H2,1H3/t21-,34+/m1/s1. The number of aryl methyl sites for hydroxylation is 1. The van der Waals surface area contributed by atoms with Crippen molar-refractivity contribution in [1.82, 2.24) is 19.9 Å². The van der Waals surface area contributed by atoms with Gasteiger partial charge in [-0.05, 0) is 72.1 Å². The number of alkyl halides is 1. The smallest absolute Gasteiger partial charge is 0.319 e. The Kier molecular flexibility index (Phi) is 6.83. The molecule has 0 radical (unpaired) electrons. The van der Waals surface area contributed by atoms with Crippen LogP contribution < -0.4 is 9.64 Å². The summed E-state index contributed by atoms with van der Waals surface area (Å²) in [5.41, 5.74) is 0.502. The zero-order valence-corrected chi connectivity index (χ0v) is 25.3. The molecule has 2 aromatic heterocycles. The van der Waals surface area contributed by atoms with Crippen molar-refractivity contribution in [1.29, 1.82) is 0 Å². The van der Waals surface area contributed by atoms with Crippen LogP contribution in [0.5, 0.6) is 11.8 Å². The van der Waals surface area contributed by atoms with Gasteiger partial charge in [-0.2, -0.15) is 9.97 Å². The molecule has 0 amide bonds. The molecular formula is C34H36F3N5O3. The largest absolute Gasteiger partial charge is 0.508 e. The molecule has 1 spiro atoms. The van der Waals surface area contributed by atoms with Crippen LogP contribution in [0.15, 0.2) is 30.5 Å². The van der Waals surface area contributed by atoms with Crippen LogP contribution in [0.1, 0.15) is 44.6 Å². The highest BCUT2D eigenvalue weighted by Gasteiger charge is 2.62. The number of pyridine rings is 1. The SMILES string of the molecule is CCc1c(F)ccc2cc(O)cc(-c3ncc4c(N5CCCOCC5)nc(OC[C@@]56C[C@@H](F)CN5CC5(CC5)C6)nc4c3F)c12. The Bertz CT molecular complexity index is 1810. The number of ether oxygens (including phenoxy) is 2. The molecule has 5 heterocycles. The lowest BCUT2D eigenvalue weighted by molar-refractivity contribution is 0.107. The molecule has 4 fully saturated rings. The van der Waals surface area contributed by atoms with Crippen LogP contribution in [0.4, 0.5) is 19.0 Å². The van der Waals surface area contributed by atoms with E-state index in [0.29, 0.717) is 73.2 Å². The highest BCUT2D eigenvalue weighted by atomic mass is 19.1. The minimum atomic E-state index is -0.907. The van der Waals surface area contributed by atoms with Crippen LogP contribution in [0.3, 0.4) is 0 Å². The average Bonchev–Trinajstić information content (AvgIpc) is 3.70. The molecule has 3 saturated heterocycles. The summed E-state index contributed by atoms with van der Waals surface area (Å²) in [5.74, 6) is -0.708. The fraction of sp³-hybridized carbons (Fsp3) is 0.500. The quantitative estimate of drug-likeness (QED) is 0.283. The summed E-state index contributed by atoms with van der Waals surface area (Å²) in [6.45, 7) is 5.65. The van der Waals surface area contributed by atoms with Gasteiger partial charge in [-0.25, -0.2) is 13.2 Å². The van der Waals surface area contributed by atoms with Crippen LogP contribution in [-0.2, 0) is 11.2 Å². The summed E-state index contributed by atoms with van der Waals surface area (Å²) in [4.78, 5) is 18.2. The number of nitrogens with zero attached hydrogens (tertiary/aromatic N) is 5. The van der Waals surface area contributed by atoms with E-state index in [9.17, 15) is 13.9 Å². The number of benzene rings is 2. The Labute approximate surface area is 259 Å². The molecule has 3 aliphatic heterocycles. The fourth-order valence-corrected chi connectivity index (χ4v) is 8.03. The highest BCUT2D eigenvalue weighted by Crippen LogP contribution is 2.60. The van der Waals surface area contributed by atoms with Crippen LogP contribution in [0.2, 0.25) is 0 Å². The lowest BCUT2D eigenvalue weighted by Crippen LogP contribution is -2.43. The molecule has 45 heavy (non-hydrogen) atoms. The number of hydrogen-bond acceptors (Lipinski definition) is 8. The van der Waals surface area contributed by atoms with Crippen molar-refractivity contribution in [3.8, 4) is 23.0 Å². The van der Waals surface area contributed by atoms with E-state index in [1.54, 1.807) is 6.07 Å². The van der Waals surface area contributed by atoms with Gasteiger partial charge in [-0.1, -0.05) is 13.0 Å². The van der Waals surface area contributed by atoms with Crippen LogP contribution in [0, 0.1) is 17.0 Å². The molecule has 2 atom stereocenters. The van der Waals surface area contributed by atoms with Gasteiger partial charge in [0.25, 0.3) is 0 Å². The van der Waals surface area contributed by atoms with E-state index >= 15 is 4.39 Å². The molecule has 2 aromatic carbocycles. The Morgan fingerprint density at radius 1 is 1.13 bits per heavy atom. The maximum atomic E-state index is 16.8. The predicted molar refractivity (Wildman–Crippen MR) is 164 cm³/mol. The minimum Gasteiger partial charge on any atom is -0.508 e. The van der Waals surface area contributed by atoms with Gasteiger partial charge in [0, 0.05) is 51.0 Å². The number of phenolic OH excluding ortho intramolecular Hbond substituents is 1. The van der Waals surface area contributed by atoms with Crippen LogP contribution >= 0.6 is 0 Å². The first-order chi connectivity index (χ1) is 21.8. The highest BCUT2D eigenvalue weighted by molar-refractivity contribution is 6.01. The van der Waals surface area contributed by atoms with E-state index in [2.05, 4.69) is 14.9 Å².